The molecular weight excluding hydrogens is 881 g/mol. The van der Waals surface area contributed by atoms with Gasteiger partial charge < -0.3 is 34.6 Å². The van der Waals surface area contributed by atoms with E-state index in [0.717, 1.165) is 36.4 Å². The molecule has 0 unspecified atom stereocenters. The molecule has 0 saturated carbocycles. The van der Waals surface area contributed by atoms with Crippen molar-refractivity contribution in [2.45, 2.75) is 14.7 Å². The Morgan fingerprint density at radius 3 is 0.745 bits per heavy atom. The molecule has 0 aliphatic rings. The fourth-order valence-corrected chi connectivity index (χ4v) is 5.95. The molecule has 0 aliphatic heterocycles. The van der Waals surface area contributed by atoms with Gasteiger partial charge in [0, 0.05) is 15.1 Å². The largest absolute Gasteiger partial charge is 1.00 e. The second-order valence-electron chi connectivity index (χ2n) is 7.08. The Balaban J connectivity index is -0.000000267. The average molecular weight is 893 g/mol. The van der Waals surface area contributed by atoms with Crippen LogP contribution < -0.4 is 103 Å². The smallest absolute Gasteiger partial charge is 0.822 e. The number of halogens is 6. The van der Waals surface area contributed by atoms with Crippen LogP contribution in [-0.2, 0) is 34.9 Å². The number of phosphoric acid groups is 1. The Morgan fingerprint density at radius 1 is 0.468 bits per heavy atom. The van der Waals surface area contributed by atoms with Gasteiger partial charge in [-0.15, -0.1) is 0 Å². The average Bonchev–Trinajstić information content (AvgIpc) is 2.78. The van der Waals surface area contributed by atoms with Crippen molar-refractivity contribution in [2.75, 3.05) is 0 Å². The van der Waals surface area contributed by atoms with Gasteiger partial charge in [-0.25, -0.2) is 0 Å². The molecule has 0 fully saturated rings. The summed E-state index contributed by atoms with van der Waals surface area (Å²) in [6, 6.07) is 6.18. The summed E-state index contributed by atoms with van der Waals surface area (Å²) >= 11 is 32.6. The molecule has 3 aromatic carbocycles. The van der Waals surface area contributed by atoms with Crippen LogP contribution in [-0.4, -0.2) is 54.2 Å². The van der Waals surface area contributed by atoms with Gasteiger partial charge in [0.1, 0.15) is 14.7 Å². The molecule has 0 saturated heterocycles. The predicted octanol–water partition coefficient (Wildman–Crippen LogP) is -5.98. The zero-order valence-electron chi connectivity index (χ0n) is 23.2. The molecule has 0 radical (unpaired) electrons. The van der Waals surface area contributed by atoms with Gasteiger partial charge in [-0.2, -0.15) is 33.1 Å². The molecule has 3 aromatic rings. The summed E-state index contributed by atoms with van der Waals surface area (Å²) in [6.45, 7) is 0. The third-order valence-corrected chi connectivity index (χ3v) is 7.93. The van der Waals surface area contributed by atoms with E-state index in [4.69, 9.17) is 118 Å². The zero-order valence-corrected chi connectivity index (χ0v) is 37.0. The third kappa shape index (κ3) is 21.7. The van der Waals surface area contributed by atoms with Crippen LogP contribution in [0.15, 0.2) is 51.1 Å². The molecule has 0 amide bonds. The van der Waals surface area contributed by atoms with E-state index in [1.54, 1.807) is 0 Å². The van der Waals surface area contributed by atoms with Crippen LogP contribution >= 0.6 is 77.4 Å². The minimum Gasteiger partial charge on any atom is -0.822 e. The molecule has 0 aromatic heterocycles. The fourth-order valence-electron chi connectivity index (χ4n) is 2.22. The molecule has 47 heavy (non-hydrogen) atoms. The number of phenols is 3. The third-order valence-electron chi connectivity index (χ3n) is 3.81. The molecule has 6 N–H and O–H groups in total. The van der Waals surface area contributed by atoms with Gasteiger partial charge >= 0.3 is 88.7 Å². The van der Waals surface area contributed by atoms with E-state index in [-0.39, 0.29) is 119 Å². The Morgan fingerprint density at radius 2 is 0.617 bits per heavy atom. The number of rotatable bonds is 3. The zero-order chi connectivity index (χ0) is 35.2. The van der Waals surface area contributed by atoms with Crippen molar-refractivity contribution >= 4 is 108 Å². The van der Waals surface area contributed by atoms with Crippen molar-refractivity contribution in [2.24, 2.45) is 0 Å². The molecular formula is C18H12Cl6Na3O16PS3. The first kappa shape index (κ1) is 55.4. The molecule has 0 atom stereocenters. The number of hydrogen-bond acceptors (Lipinski definition) is 13. The minimum absolute atomic E-state index is 0. The van der Waals surface area contributed by atoms with Crippen molar-refractivity contribution in [3.05, 3.63) is 66.5 Å². The van der Waals surface area contributed by atoms with Crippen LogP contribution in [0.25, 0.3) is 0 Å². The molecule has 0 bridgehead atoms. The SMILES string of the molecule is O=P([O-])([O-])[O-].O=S(=O)(O)c1cc(Cl)cc(Cl)c1O.O=S(=O)(O)c1cc(Cl)cc(Cl)c1O.O=S(=O)(O)c1cc(Cl)cc(Cl)c1O.[Na+].[Na+].[Na+]. The van der Waals surface area contributed by atoms with Crippen LogP contribution in [0.5, 0.6) is 17.2 Å². The molecule has 248 valence electrons. The number of hydrogen-bond donors (Lipinski definition) is 6. The fraction of sp³-hybridized carbons (Fsp3) is 0. The number of aromatic hydroxyl groups is 3. The topological polar surface area (TPSA) is 310 Å². The van der Waals surface area contributed by atoms with E-state index in [1.165, 1.54) is 0 Å². The number of benzene rings is 3. The first-order chi connectivity index (χ1) is 19.5. The molecule has 16 nitrogen and oxygen atoms in total. The summed E-state index contributed by atoms with van der Waals surface area (Å²) < 4.78 is 98.2. The summed E-state index contributed by atoms with van der Waals surface area (Å²) in [5.74, 6) is -2.14. The van der Waals surface area contributed by atoms with E-state index in [9.17, 15) is 25.3 Å². The summed E-state index contributed by atoms with van der Waals surface area (Å²) in [5.41, 5.74) is 0. The van der Waals surface area contributed by atoms with Gasteiger partial charge in [-0.1, -0.05) is 69.6 Å². The normalized spacial score (nSPS) is 10.9. The van der Waals surface area contributed by atoms with Gasteiger partial charge in [0.25, 0.3) is 30.4 Å². The first-order valence-electron chi connectivity index (χ1n) is 9.66. The Bertz CT molecular complexity index is 1700. The second kappa shape index (κ2) is 22.7. The van der Waals surface area contributed by atoms with Gasteiger partial charge in [0.15, 0.2) is 17.2 Å². The quantitative estimate of drug-likeness (QED) is 0.0810. The van der Waals surface area contributed by atoms with E-state index in [2.05, 4.69) is 0 Å². The maximum Gasteiger partial charge on any atom is 1.00 e. The number of phenolic OH excluding ortho intramolecular Hbond substituents is 3. The minimum atomic E-state index is -5.39. The van der Waals surface area contributed by atoms with Crippen LogP contribution in [0.4, 0.5) is 0 Å². The van der Waals surface area contributed by atoms with E-state index in [0.29, 0.717) is 0 Å². The standard InChI is InChI=1S/3C6H4Cl2O4S.3Na.H3O4P/c3*7-3-1-4(8)6(9)5(2-3)13(10,11)12;;;;1-5(2,3)4/h3*1-2,9H,(H,10,11,12);;;;(H3,1,2,3,4)/q;;;3*+1;/p-3. The van der Waals surface area contributed by atoms with Crippen molar-refractivity contribution < 1.29 is 162 Å². The summed E-state index contributed by atoms with van der Waals surface area (Å²) in [5, 5.41) is 26.7. The molecule has 29 heteroatoms. The van der Waals surface area contributed by atoms with Gasteiger partial charge in [0.05, 0.1) is 15.1 Å². The van der Waals surface area contributed by atoms with Gasteiger partial charge in [-0.3, -0.25) is 13.7 Å². The van der Waals surface area contributed by atoms with Crippen molar-refractivity contribution in [1.82, 2.24) is 0 Å². The van der Waals surface area contributed by atoms with Crippen LogP contribution in [0, 0.1) is 0 Å². The van der Waals surface area contributed by atoms with Gasteiger partial charge in [0.2, 0.25) is 0 Å². The van der Waals surface area contributed by atoms with E-state index >= 15 is 0 Å². The van der Waals surface area contributed by atoms with Crippen molar-refractivity contribution in [1.29, 1.82) is 0 Å². The summed E-state index contributed by atoms with van der Waals surface area (Å²) in [4.78, 5) is 23.5. The molecule has 3 rings (SSSR count). The maximum absolute atomic E-state index is 10.6. The van der Waals surface area contributed by atoms with Crippen molar-refractivity contribution in [3.8, 4) is 17.2 Å². The predicted molar refractivity (Wildman–Crippen MR) is 151 cm³/mol. The van der Waals surface area contributed by atoms with Crippen LogP contribution in [0.2, 0.25) is 30.1 Å². The second-order valence-corrected chi connectivity index (χ2v) is 14.7. The van der Waals surface area contributed by atoms with Gasteiger partial charge in [-0.05, 0) is 36.4 Å². The van der Waals surface area contributed by atoms with Crippen LogP contribution in [0.1, 0.15) is 0 Å². The molecule has 0 aliphatic carbocycles. The summed E-state index contributed by atoms with van der Waals surface area (Å²) in [7, 11) is -18.9. The molecule has 0 heterocycles. The Kier molecular flexibility index (Phi) is 26.7. The molecule has 0 spiro atoms. The van der Waals surface area contributed by atoms with Crippen LogP contribution in [0.3, 0.4) is 0 Å². The first-order valence-corrected chi connectivity index (χ1v) is 17.7. The van der Waals surface area contributed by atoms with Crippen molar-refractivity contribution in [3.63, 3.8) is 0 Å². The van der Waals surface area contributed by atoms with E-state index < -0.39 is 70.1 Å². The maximum atomic E-state index is 10.6. The Hall–Kier alpha value is 1.64. The summed E-state index contributed by atoms with van der Waals surface area (Å²) in [6.07, 6.45) is 0. The monoisotopic (exact) mass is 890 g/mol. The Labute approximate surface area is 363 Å². The van der Waals surface area contributed by atoms with E-state index in [1.807, 2.05) is 0 Å².